The fourth-order valence-corrected chi connectivity index (χ4v) is 3.51. The van der Waals surface area contributed by atoms with E-state index in [0.29, 0.717) is 10.7 Å². The molecule has 0 heterocycles. The first-order chi connectivity index (χ1) is 10.3. The number of hydrogen-bond acceptors (Lipinski definition) is 4. The van der Waals surface area contributed by atoms with E-state index >= 15 is 0 Å². The zero-order valence-electron chi connectivity index (χ0n) is 11.3. The van der Waals surface area contributed by atoms with E-state index in [2.05, 4.69) is 9.46 Å². The predicted molar refractivity (Wildman–Crippen MR) is 85.1 cm³/mol. The number of carbonyl (C=O) groups is 1. The molecule has 0 aromatic heterocycles. The van der Waals surface area contributed by atoms with Gasteiger partial charge < -0.3 is 4.74 Å². The summed E-state index contributed by atoms with van der Waals surface area (Å²) >= 11 is 11.8. The molecule has 0 aliphatic rings. The van der Waals surface area contributed by atoms with Crippen LogP contribution in [0.2, 0.25) is 10.0 Å². The van der Waals surface area contributed by atoms with Gasteiger partial charge in [-0.05, 0) is 36.4 Å². The Morgan fingerprint density at radius 1 is 1.14 bits per heavy atom. The van der Waals surface area contributed by atoms with Gasteiger partial charge in [0.1, 0.15) is 4.90 Å². The molecular formula is C14H11Cl2NO4S. The molecule has 2 aromatic carbocycles. The molecule has 0 aliphatic heterocycles. The zero-order valence-corrected chi connectivity index (χ0v) is 13.7. The number of anilines is 1. The predicted octanol–water partition coefficient (Wildman–Crippen LogP) is 3.58. The number of ether oxygens (including phenoxy) is 1. The van der Waals surface area contributed by atoms with Gasteiger partial charge in [-0.25, -0.2) is 13.2 Å². The number of benzene rings is 2. The molecule has 8 heteroatoms. The van der Waals surface area contributed by atoms with E-state index in [4.69, 9.17) is 23.2 Å². The zero-order chi connectivity index (χ0) is 16.3. The lowest BCUT2D eigenvalue weighted by Crippen LogP contribution is -2.14. The number of esters is 1. The van der Waals surface area contributed by atoms with Crippen molar-refractivity contribution in [1.29, 1.82) is 0 Å². The van der Waals surface area contributed by atoms with Crippen LogP contribution in [-0.4, -0.2) is 21.5 Å². The molecule has 5 nitrogen and oxygen atoms in total. The number of rotatable bonds is 4. The van der Waals surface area contributed by atoms with Gasteiger partial charge in [-0.3, -0.25) is 4.72 Å². The molecule has 0 unspecified atom stereocenters. The smallest absolute Gasteiger partial charge is 0.337 e. The average Bonchev–Trinajstić information content (AvgIpc) is 2.45. The van der Waals surface area contributed by atoms with Gasteiger partial charge in [0.05, 0.1) is 23.4 Å². The second-order valence-corrected chi connectivity index (χ2v) is 6.75. The highest BCUT2D eigenvalue weighted by Gasteiger charge is 2.20. The quantitative estimate of drug-likeness (QED) is 0.846. The third-order valence-electron chi connectivity index (χ3n) is 2.72. The van der Waals surface area contributed by atoms with Gasteiger partial charge in [0.25, 0.3) is 10.0 Å². The molecule has 1 N–H and O–H groups in total. The minimum absolute atomic E-state index is 0.0857. The molecule has 0 fully saturated rings. The van der Waals surface area contributed by atoms with E-state index in [0.717, 1.165) is 0 Å². The van der Waals surface area contributed by atoms with E-state index in [-0.39, 0.29) is 15.5 Å². The van der Waals surface area contributed by atoms with Crippen LogP contribution in [0.4, 0.5) is 5.69 Å². The molecule has 0 radical (unpaired) electrons. The SMILES string of the molecule is COC(=O)c1ccc(S(=O)(=O)Nc2cccc(Cl)c2)c(Cl)c1. The Hall–Kier alpha value is -1.76. The second-order valence-electron chi connectivity index (χ2n) is 4.25. The minimum atomic E-state index is -3.90. The van der Waals surface area contributed by atoms with Crippen LogP contribution in [-0.2, 0) is 14.8 Å². The van der Waals surface area contributed by atoms with E-state index in [1.54, 1.807) is 18.2 Å². The summed E-state index contributed by atoms with van der Waals surface area (Å²) in [6.45, 7) is 0. The standard InChI is InChI=1S/C14H11Cl2NO4S/c1-21-14(18)9-5-6-13(12(16)7-9)22(19,20)17-11-4-2-3-10(15)8-11/h2-8,17H,1H3. The van der Waals surface area contributed by atoms with Crippen LogP contribution in [0.1, 0.15) is 10.4 Å². The first-order valence-corrected chi connectivity index (χ1v) is 8.23. The Morgan fingerprint density at radius 3 is 2.45 bits per heavy atom. The van der Waals surface area contributed by atoms with Crippen molar-refractivity contribution in [2.24, 2.45) is 0 Å². The maximum atomic E-state index is 12.3. The number of methoxy groups -OCH3 is 1. The Morgan fingerprint density at radius 2 is 1.86 bits per heavy atom. The molecule has 2 rings (SSSR count). The van der Waals surface area contributed by atoms with Gasteiger partial charge in [-0.1, -0.05) is 29.3 Å². The molecule has 0 saturated carbocycles. The van der Waals surface area contributed by atoms with Gasteiger partial charge in [-0.2, -0.15) is 0 Å². The van der Waals surface area contributed by atoms with Crippen LogP contribution in [0, 0.1) is 0 Å². The highest BCUT2D eigenvalue weighted by molar-refractivity contribution is 7.92. The number of sulfonamides is 1. The fraction of sp³-hybridized carbons (Fsp3) is 0.0714. The Bertz CT molecular complexity index is 821. The van der Waals surface area contributed by atoms with Crippen molar-refractivity contribution >= 4 is 44.9 Å². The van der Waals surface area contributed by atoms with Gasteiger partial charge >= 0.3 is 5.97 Å². The lowest BCUT2D eigenvalue weighted by atomic mass is 10.2. The van der Waals surface area contributed by atoms with Gasteiger partial charge in [0.15, 0.2) is 0 Å². The van der Waals surface area contributed by atoms with Crippen LogP contribution in [0.5, 0.6) is 0 Å². The molecule has 116 valence electrons. The Labute approximate surface area is 137 Å². The number of hydrogen-bond donors (Lipinski definition) is 1. The highest BCUT2D eigenvalue weighted by Crippen LogP contribution is 2.26. The molecule has 0 bridgehead atoms. The van der Waals surface area contributed by atoms with Crippen molar-refractivity contribution in [3.05, 3.63) is 58.1 Å². The normalized spacial score (nSPS) is 11.0. The van der Waals surface area contributed by atoms with Gasteiger partial charge in [0, 0.05) is 5.02 Å². The summed E-state index contributed by atoms with van der Waals surface area (Å²) < 4.78 is 31.6. The van der Waals surface area contributed by atoms with Crippen molar-refractivity contribution in [1.82, 2.24) is 0 Å². The number of carbonyl (C=O) groups excluding carboxylic acids is 1. The van der Waals surface area contributed by atoms with E-state index < -0.39 is 16.0 Å². The molecule has 0 spiro atoms. The van der Waals surface area contributed by atoms with E-state index in [9.17, 15) is 13.2 Å². The fourth-order valence-electron chi connectivity index (χ4n) is 1.73. The lowest BCUT2D eigenvalue weighted by molar-refractivity contribution is 0.0600. The van der Waals surface area contributed by atoms with E-state index in [1.807, 2.05) is 0 Å². The Balaban J connectivity index is 2.35. The molecule has 22 heavy (non-hydrogen) atoms. The minimum Gasteiger partial charge on any atom is -0.465 e. The second kappa shape index (κ2) is 6.56. The largest absolute Gasteiger partial charge is 0.465 e. The summed E-state index contributed by atoms with van der Waals surface area (Å²) in [7, 11) is -2.68. The van der Waals surface area contributed by atoms with Crippen molar-refractivity contribution in [3.63, 3.8) is 0 Å². The topological polar surface area (TPSA) is 72.5 Å². The molecule has 0 aliphatic carbocycles. The summed E-state index contributed by atoms with van der Waals surface area (Å²) in [5.41, 5.74) is 0.467. The summed E-state index contributed by atoms with van der Waals surface area (Å²) in [4.78, 5) is 11.2. The average molecular weight is 360 g/mol. The summed E-state index contributed by atoms with van der Waals surface area (Å²) in [5.74, 6) is -0.603. The molecular weight excluding hydrogens is 349 g/mol. The highest BCUT2D eigenvalue weighted by atomic mass is 35.5. The summed E-state index contributed by atoms with van der Waals surface area (Å²) in [5, 5.41) is 0.310. The number of nitrogens with one attached hydrogen (secondary N) is 1. The molecule has 0 atom stereocenters. The first kappa shape index (κ1) is 16.6. The first-order valence-electron chi connectivity index (χ1n) is 6.00. The summed E-state index contributed by atoms with van der Waals surface area (Å²) in [6, 6.07) is 10.1. The van der Waals surface area contributed by atoms with Crippen LogP contribution < -0.4 is 4.72 Å². The maximum Gasteiger partial charge on any atom is 0.337 e. The van der Waals surface area contributed by atoms with Crippen molar-refractivity contribution < 1.29 is 17.9 Å². The van der Waals surface area contributed by atoms with Crippen LogP contribution in [0.3, 0.4) is 0 Å². The summed E-state index contributed by atoms with van der Waals surface area (Å²) in [6.07, 6.45) is 0. The van der Waals surface area contributed by atoms with Crippen LogP contribution >= 0.6 is 23.2 Å². The van der Waals surface area contributed by atoms with Crippen molar-refractivity contribution in [2.45, 2.75) is 4.90 Å². The third kappa shape index (κ3) is 3.71. The third-order valence-corrected chi connectivity index (χ3v) is 4.82. The maximum absolute atomic E-state index is 12.3. The molecule has 0 amide bonds. The van der Waals surface area contributed by atoms with Crippen LogP contribution in [0.25, 0.3) is 0 Å². The number of halogens is 2. The molecule has 2 aromatic rings. The van der Waals surface area contributed by atoms with Crippen molar-refractivity contribution in [2.75, 3.05) is 11.8 Å². The molecule has 0 saturated heterocycles. The lowest BCUT2D eigenvalue weighted by Gasteiger charge is -2.10. The van der Waals surface area contributed by atoms with Gasteiger partial charge in [-0.15, -0.1) is 0 Å². The van der Waals surface area contributed by atoms with Gasteiger partial charge in [0.2, 0.25) is 0 Å². The van der Waals surface area contributed by atoms with Crippen LogP contribution in [0.15, 0.2) is 47.4 Å². The monoisotopic (exact) mass is 359 g/mol. The van der Waals surface area contributed by atoms with E-state index in [1.165, 1.54) is 31.4 Å². The Kier molecular flexibility index (Phi) is 4.95. The van der Waals surface area contributed by atoms with Crippen molar-refractivity contribution in [3.8, 4) is 0 Å².